The molecule has 1 atom stereocenters. The number of hydrogen-bond acceptors (Lipinski definition) is 3. The van der Waals surface area contributed by atoms with Crippen LogP contribution in [0.15, 0.2) is 54.6 Å². The van der Waals surface area contributed by atoms with Gasteiger partial charge in [0.1, 0.15) is 18.6 Å². The first-order valence-corrected chi connectivity index (χ1v) is 6.54. The number of rotatable bonds is 7. The number of benzene rings is 2. The Morgan fingerprint density at radius 3 is 2.35 bits per heavy atom. The molecular formula is C17H18O3. The molecule has 0 aliphatic carbocycles. The van der Waals surface area contributed by atoms with Crippen LogP contribution in [0, 0.1) is 0 Å². The maximum atomic E-state index is 11.0. The largest absolute Gasteiger partial charge is 0.489 e. The summed E-state index contributed by atoms with van der Waals surface area (Å²) in [5.41, 5.74) is 2.07. The van der Waals surface area contributed by atoms with E-state index in [1.807, 2.05) is 54.6 Å². The van der Waals surface area contributed by atoms with E-state index >= 15 is 0 Å². The third-order valence-corrected chi connectivity index (χ3v) is 3.07. The summed E-state index contributed by atoms with van der Waals surface area (Å²) in [7, 11) is 1.59. The topological polar surface area (TPSA) is 35.5 Å². The summed E-state index contributed by atoms with van der Waals surface area (Å²) in [5.74, 6) is 0.572. The summed E-state index contributed by atoms with van der Waals surface area (Å²) >= 11 is 0. The number of methoxy groups -OCH3 is 1. The molecule has 0 aromatic heterocycles. The van der Waals surface area contributed by atoms with Crippen LogP contribution < -0.4 is 4.74 Å². The Morgan fingerprint density at radius 1 is 1.05 bits per heavy atom. The third kappa shape index (κ3) is 3.93. The molecule has 2 aromatic rings. The molecule has 0 heterocycles. The Morgan fingerprint density at radius 2 is 1.75 bits per heavy atom. The lowest BCUT2D eigenvalue weighted by atomic mass is 10.0. The van der Waals surface area contributed by atoms with Gasteiger partial charge in [-0.1, -0.05) is 42.5 Å². The SMILES string of the molecule is COC[C@H](C=O)c1ccc(OCc2ccccc2)cc1. The second kappa shape index (κ2) is 7.46. The van der Waals surface area contributed by atoms with E-state index in [0.717, 1.165) is 23.2 Å². The van der Waals surface area contributed by atoms with Crippen molar-refractivity contribution in [1.82, 2.24) is 0 Å². The predicted molar refractivity (Wildman–Crippen MR) is 77.9 cm³/mol. The highest BCUT2D eigenvalue weighted by molar-refractivity contribution is 5.62. The van der Waals surface area contributed by atoms with E-state index in [1.54, 1.807) is 7.11 Å². The van der Waals surface area contributed by atoms with E-state index in [2.05, 4.69) is 0 Å². The van der Waals surface area contributed by atoms with Gasteiger partial charge in [0.05, 0.1) is 12.5 Å². The van der Waals surface area contributed by atoms with Gasteiger partial charge in [-0.05, 0) is 23.3 Å². The summed E-state index contributed by atoms with van der Waals surface area (Å²) in [5, 5.41) is 0. The summed E-state index contributed by atoms with van der Waals surface area (Å²) in [6, 6.07) is 17.6. The summed E-state index contributed by atoms with van der Waals surface area (Å²) in [4.78, 5) is 11.0. The number of carbonyl (C=O) groups excluding carboxylic acids is 1. The van der Waals surface area contributed by atoms with Crippen LogP contribution in [0.4, 0.5) is 0 Å². The Bertz CT molecular complexity index is 520. The van der Waals surface area contributed by atoms with Gasteiger partial charge in [0, 0.05) is 7.11 Å². The zero-order chi connectivity index (χ0) is 14.2. The van der Waals surface area contributed by atoms with Gasteiger partial charge in [-0.2, -0.15) is 0 Å². The molecule has 20 heavy (non-hydrogen) atoms. The average molecular weight is 270 g/mol. The van der Waals surface area contributed by atoms with Gasteiger partial charge in [-0.3, -0.25) is 0 Å². The minimum absolute atomic E-state index is 0.219. The van der Waals surface area contributed by atoms with Crippen LogP contribution in [0.5, 0.6) is 5.75 Å². The van der Waals surface area contributed by atoms with Crippen molar-refractivity contribution in [1.29, 1.82) is 0 Å². The fourth-order valence-electron chi connectivity index (χ4n) is 1.95. The van der Waals surface area contributed by atoms with Crippen LogP contribution in [-0.4, -0.2) is 20.0 Å². The number of ether oxygens (including phenoxy) is 2. The highest BCUT2D eigenvalue weighted by Crippen LogP contribution is 2.19. The molecule has 0 saturated heterocycles. The van der Waals surface area contributed by atoms with Gasteiger partial charge in [-0.15, -0.1) is 0 Å². The number of aldehydes is 1. The van der Waals surface area contributed by atoms with Crippen molar-refractivity contribution in [2.45, 2.75) is 12.5 Å². The van der Waals surface area contributed by atoms with Gasteiger partial charge in [-0.25, -0.2) is 0 Å². The molecule has 0 fully saturated rings. The van der Waals surface area contributed by atoms with Crippen LogP contribution in [0.3, 0.4) is 0 Å². The molecule has 0 aliphatic rings. The predicted octanol–water partition coefficient (Wildman–Crippen LogP) is 3.19. The van der Waals surface area contributed by atoms with E-state index < -0.39 is 0 Å². The Kier molecular flexibility index (Phi) is 5.33. The lowest BCUT2D eigenvalue weighted by Crippen LogP contribution is -2.07. The second-order valence-electron chi connectivity index (χ2n) is 4.54. The van der Waals surface area contributed by atoms with Gasteiger partial charge in [0.25, 0.3) is 0 Å². The minimum Gasteiger partial charge on any atom is -0.489 e. The first-order valence-electron chi connectivity index (χ1n) is 6.54. The first-order chi connectivity index (χ1) is 9.83. The molecular weight excluding hydrogens is 252 g/mol. The molecule has 0 bridgehead atoms. The van der Waals surface area contributed by atoms with Crippen LogP contribution >= 0.6 is 0 Å². The van der Waals surface area contributed by atoms with Gasteiger partial charge < -0.3 is 14.3 Å². The van der Waals surface area contributed by atoms with E-state index in [9.17, 15) is 4.79 Å². The van der Waals surface area contributed by atoms with Crippen LogP contribution in [0.2, 0.25) is 0 Å². The second-order valence-corrected chi connectivity index (χ2v) is 4.54. The molecule has 0 saturated carbocycles. The Labute approximate surface area is 119 Å². The average Bonchev–Trinajstić information content (AvgIpc) is 2.52. The normalized spacial score (nSPS) is 11.8. The van der Waals surface area contributed by atoms with Crippen LogP contribution in [0.1, 0.15) is 17.0 Å². The molecule has 0 aliphatic heterocycles. The first kappa shape index (κ1) is 14.3. The summed E-state index contributed by atoms with van der Waals surface area (Å²) in [6.45, 7) is 0.934. The monoisotopic (exact) mass is 270 g/mol. The van der Waals surface area contributed by atoms with E-state index in [1.165, 1.54) is 0 Å². The number of carbonyl (C=O) groups is 1. The third-order valence-electron chi connectivity index (χ3n) is 3.07. The van der Waals surface area contributed by atoms with Crippen molar-refractivity contribution < 1.29 is 14.3 Å². The highest BCUT2D eigenvalue weighted by atomic mass is 16.5. The number of hydrogen-bond donors (Lipinski definition) is 0. The van der Waals surface area contributed by atoms with Gasteiger partial charge in [0.2, 0.25) is 0 Å². The summed E-state index contributed by atoms with van der Waals surface area (Å²) < 4.78 is 10.7. The minimum atomic E-state index is -0.219. The van der Waals surface area contributed by atoms with Crippen molar-refractivity contribution in [2.24, 2.45) is 0 Å². The molecule has 3 heteroatoms. The van der Waals surface area contributed by atoms with Crippen molar-refractivity contribution in [2.75, 3.05) is 13.7 Å². The molecule has 2 rings (SSSR count). The molecule has 0 amide bonds. The Balaban J connectivity index is 1.96. The molecule has 2 aromatic carbocycles. The quantitative estimate of drug-likeness (QED) is 0.725. The molecule has 0 radical (unpaired) electrons. The fourth-order valence-corrected chi connectivity index (χ4v) is 1.95. The van der Waals surface area contributed by atoms with Gasteiger partial charge >= 0.3 is 0 Å². The van der Waals surface area contributed by atoms with Crippen molar-refractivity contribution >= 4 is 6.29 Å². The van der Waals surface area contributed by atoms with Crippen LogP contribution in [-0.2, 0) is 16.1 Å². The zero-order valence-corrected chi connectivity index (χ0v) is 11.5. The molecule has 104 valence electrons. The lowest BCUT2D eigenvalue weighted by molar-refractivity contribution is -0.110. The molecule has 0 unspecified atom stereocenters. The van der Waals surface area contributed by atoms with Crippen molar-refractivity contribution in [3.05, 3.63) is 65.7 Å². The summed E-state index contributed by atoms with van der Waals surface area (Å²) in [6.07, 6.45) is 0.906. The van der Waals surface area contributed by atoms with Crippen molar-refractivity contribution in [3.8, 4) is 5.75 Å². The van der Waals surface area contributed by atoms with E-state index in [0.29, 0.717) is 13.2 Å². The van der Waals surface area contributed by atoms with Gasteiger partial charge in [0.15, 0.2) is 0 Å². The molecule has 0 N–H and O–H groups in total. The Hall–Kier alpha value is -2.13. The smallest absolute Gasteiger partial charge is 0.129 e. The van der Waals surface area contributed by atoms with E-state index in [-0.39, 0.29) is 5.92 Å². The maximum Gasteiger partial charge on any atom is 0.129 e. The zero-order valence-electron chi connectivity index (χ0n) is 11.5. The maximum absolute atomic E-state index is 11.0. The highest BCUT2D eigenvalue weighted by Gasteiger charge is 2.09. The van der Waals surface area contributed by atoms with E-state index in [4.69, 9.17) is 9.47 Å². The molecule has 0 spiro atoms. The van der Waals surface area contributed by atoms with Crippen LogP contribution in [0.25, 0.3) is 0 Å². The fraction of sp³-hybridized carbons (Fsp3) is 0.235. The van der Waals surface area contributed by atoms with Crippen molar-refractivity contribution in [3.63, 3.8) is 0 Å². The molecule has 3 nitrogen and oxygen atoms in total. The lowest BCUT2D eigenvalue weighted by Gasteiger charge is -2.11. The standard InChI is InChI=1S/C17H18O3/c1-19-13-16(11-18)15-7-9-17(10-8-15)20-12-14-5-3-2-4-6-14/h2-11,16H,12-13H2,1H3/t16-/m0/s1.